The van der Waals surface area contributed by atoms with Crippen molar-refractivity contribution in [2.75, 3.05) is 39.9 Å². The summed E-state index contributed by atoms with van der Waals surface area (Å²) in [6, 6.07) is 8.60. The van der Waals surface area contributed by atoms with Crippen LogP contribution in [0.25, 0.3) is 0 Å². The first-order chi connectivity index (χ1) is 16.3. The van der Waals surface area contributed by atoms with Crippen LogP contribution < -0.4 is 10.1 Å². The maximum atomic E-state index is 12.8. The number of hydrogen-bond donors (Lipinski definition) is 1. The van der Waals surface area contributed by atoms with Gasteiger partial charge in [0.15, 0.2) is 0 Å². The zero-order valence-electron chi connectivity index (χ0n) is 20.1. The zero-order chi connectivity index (χ0) is 24.6. The monoisotopic (exact) mass is 473 g/mol. The minimum Gasteiger partial charge on any atom is -0.494 e. The van der Waals surface area contributed by atoms with E-state index in [0.29, 0.717) is 45.6 Å². The molecule has 186 valence electrons. The van der Waals surface area contributed by atoms with Crippen molar-refractivity contribution in [3.05, 3.63) is 30.3 Å². The van der Waals surface area contributed by atoms with Gasteiger partial charge in [-0.1, -0.05) is 18.2 Å². The lowest BCUT2D eigenvalue weighted by Crippen LogP contribution is -2.46. The van der Waals surface area contributed by atoms with E-state index in [-0.39, 0.29) is 29.6 Å². The molecule has 2 aliphatic rings. The highest BCUT2D eigenvalue weighted by molar-refractivity contribution is 5.89. The molecule has 9 heteroatoms. The Balaban J connectivity index is 1.40. The lowest BCUT2D eigenvalue weighted by Gasteiger charge is -2.39. The van der Waals surface area contributed by atoms with Gasteiger partial charge < -0.3 is 24.6 Å². The number of nitrogens with zero attached hydrogens (tertiary/aromatic N) is 2. The number of likely N-dealkylation sites (tertiary alicyclic amines) is 2. The van der Waals surface area contributed by atoms with Crippen molar-refractivity contribution in [1.82, 2.24) is 15.1 Å². The summed E-state index contributed by atoms with van der Waals surface area (Å²) in [4.78, 5) is 52.4. The summed E-state index contributed by atoms with van der Waals surface area (Å²) < 4.78 is 10.4. The Morgan fingerprint density at radius 2 is 1.65 bits per heavy atom. The molecule has 1 aromatic carbocycles. The molecule has 2 saturated heterocycles. The standard InChI is InChI=1S/C25H35N3O6/c1-19(29)26-21(24(32)33-2)17-23(31)28-15-12-25(18-28)10-13-27(14-11-25)22(30)9-6-16-34-20-7-4-3-5-8-20/h3-5,7-8,21H,6,9-18H2,1-2H3,(H,26,29). The van der Waals surface area contributed by atoms with Crippen LogP contribution in [0.5, 0.6) is 5.75 Å². The van der Waals surface area contributed by atoms with Gasteiger partial charge in [-0.2, -0.15) is 0 Å². The number of ether oxygens (including phenoxy) is 2. The second-order valence-corrected chi connectivity index (χ2v) is 9.19. The predicted molar refractivity (Wildman–Crippen MR) is 125 cm³/mol. The molecule has 3 amide bonds. The van der Waals surface area contributed by atoms with E-state index in [1.54, 1.807) is 4.90 Å². The number of methoxy groups -OCH3 is 1. The van der Waals surface area contributed by atoms with E-state index in [0.717, 1.165) is 25.0 Å². The first kappa shape index (κ1) is 25.5. The van der Waals surface area contributed by atoms with Gasteiger partial charge in [-0.05, 0) is 43.2 Å². The minimum atomic E-state index is -0.975. The highest BCUT2D eigenvalue weighted by Crippen LogP contribution is 2.40. The molecule has 1 spiro atoms. The highest BCUT2D eigenvalue weighted by atomic mass is 16.5. The Labute approximate surface area is 200 Å². The van der Waals surface area contributed by atoms with Gasteiger partial charge in [0.25, 0.3) is 0 Å². The summed E-state index contributed by atoms with van der Waals surface area (Å²) >= 11 is 0. The van der Waals surface area contributed by atoms with Crippen LogP contribution in [0.3, 0.4) is 0 Å². The fourth-order valence-electron chi connectivity index (χ4n) is 4.76. The Hall–Kier alpha value is -3.10. The summed E-state index contributed by atoms with van der Waals surface area (Å²) in [5.74, 6) is -0.222. The maximum Gasteiger partial charge on any atom is 0.328 e. The van der Waals surface area contributed by atoms with Crippen molar-refractivity contribution in [1.29, 1.82) is 0 Å². The van der Waals surface area contributed by atoms with Crippen molar-refractivity contribution in [3.8, 4) is 5.75 Å². The quantitative estimate of drug-likeness (QED) is 0.433. The Morgan fingerprint density at radius 3 is 2.26 bits per heavy atom. The Morgan fingerprint density at radius 1 is 1.00 bits per heavy atom. The fourth-order valence-corrected chi connectivity index (χ4v) is 4.76. The Bertz CT molecular complexity index is 867. The van der Waals surface area contributed by atoms with E-state index >= 15 is 0 Å². The number of piperidine rings is 1. The van der Waals surface area contributed by atoms with Gasteiger partial charge in [0.1, 0.15) is 11.8 Å². The number of esters is 1. The largest absolute Gasteiger partial charge is 0.494 e. The van der Waals surface area contributed by atoms with E-state index in [4.69, 9.17) is 9.47 Å². The van der Waals surface area contributed by atoms with Crippen molar-refractivity contribution in [3.63, 3.8) is 0 Å². The second kappa shape index (κ2) is 11.9. The van der Waals surface area contributed by atoms with Crippen LogP contribution in [0.15, 0.2) is 30.3 Å². The van der Waals surface area contributed by atoms with Crippen molar-refractivity contribution >= 4 is 23.7 Å². The van der Waals surface area contributed by atoms with Crippen LogP contribution in [-0.4, -0.2) is 79.4 Å². The van der Waals surface area contributed by atoms with Gasteiger partial charge >= 0.3 is 5.97 Å². The predicted octanol–water partition coefficient (Wildman–Crippen LogP) is 1.75. The van der Waals surface area contributed by atoms with E-state index < -0.39 is 12.0 Å². The van der Waals surface area contributed by atoms with Crippen LogP contribution in [0.1, 0.15) is 45.4 Å². The molecule has 0 aromatic heterocycles. The molecule has 2 heterocycles. The first-order valence-corrected chi connectivity index (χ1v) is 11.9. The lowest BCUT2D eigenvalue weighted by molar-refractivity contribution is -0.147. The van der Waals surface area contributed by atoms with Crippen molar-refractivity contribution < 1.29 is 28.7 Å². The molecule has 1 aromatic rings. The highest BCUT2D eigenvalue weighted by Gasteiger charge is 2.43. The van der Waals surface area contributed by atoms with Crippen LogP contribution >= 0.6 is 0 Å². The zero-order valence-corrected chi connectivity index (χ0v) is 20.1. The molecule has 1 unspecified atom stereocenters. The van der Waals surface area contributed by atoms with Crippen LogP contribution in [0.2, 0.25) is 0 Å². The van der Waals surface area contributed by atoms with Crippen molar-refractivity contribution in [2.45, 2.75) is 51.5 Å². The van der Waals surface area contributed by atoms with Crippen molar-refractivity contribution in [2.24, 2.45) is 5.41 Å². The molecule has 0 radical (unpaired) electrons. The number of benzene rings is 1. The van der Waals surface area contributed by atoms with E-state index in [2.05, 4.69) is 5.32 Å². The van der Waals surface area contributed by atoms with E-state index in [1.807, 2.05) is 35.2 Å². The Kier molecular flexibility index (Phi) is 8.90. The molecular weight excluding hydrogens is 438 g/mol. The minimum absolute atomic E-state index is 0.0115. The second-order valence-electron chi connectivity index (χ2n) is 9.19. The number of para-hydroxylation sites is 1. The van der Waals surface area contributed by atoms with Gasteiger partial charge in [-0.3, -0.25) is 14.4 Å². The number of carbonyl (C=O) groups is 4. The summed E-state index contributed by atoms with van der Waals surface area (Å²) in [5.41, 5.74) is 0.0115. The SMILES string of the molecule is COC(=O)C(CC(=O)N1CCC2(CCN(C(=O)CCCOc3ccccc3)CC2)C1)NC(C)=O. The number of rotatable bonds is 9. The average Bonchev–Trinajstić information content (AvgIpc) is 3.25. The van der Waals surface area contributed by atoms with Gasteiger partial charge in [-0.15, -0.1) is 0 Å². The lowest BCUT2D eigenvalue weighted by atomic mass is 9.77. The third-order valence-electron chi connectivity index (χ3n) is 6.76. The molecule has 9 nitrogen and oxygen atoms in total. The molecule has 3 rings (SSSR count). The number of hydrogen-bond acceptors (Lipinski definition) is 6. The molecule has 0 bridgehead atoms. The molecule has 1 N–H and O–H groups in total. The summed E-state index contributed by atoms with van der Waals surface area (Å²) in [7, 11) is 1.23. The van der Waals surface area contributed by atoms with E-state index in [1.165, 1.54) is 14.0 Å². The first-order valence-electron chi connectivity index (χ1n) is 11.9. The molecule has 34 heavy (non-hydrogen) atoms. The number of amides is 3. The third-order valence-corrected chi connectivity index (χ3v) is 6.76. The fraction of sp³-hybridized carbons (Fsp3) is 0.600. The van der Waals surface area contributed by atoms with E-state index in [9.17, 15) is 19.2 Å². The van der Waals surface area contributed by atoms with Gasteiger partial charge in [-0.25, -0.2) is 4.79 Å². The summed E-state index contributed by atoms with van der Waals surface area (Å²) in [6.45, 7) is 4.44. The van der Waals surface area contributed by atoms with Gasteiger partial charge in [0.05, 0.1) is 20.1 Å². The van der Waals surface area contributed by atoms with Gasteiger partial charge in [0, 0.05) is 39.5 Å². The third kappa shape index (κ3) is 6.95. The molecule has 2 aliphatic heterocycles. The molecule has 0 saturated carbocycles. The summed E-state index contributed by atoms with van der Waals surface area (Å²) in [6.07, 6.45) is 3.62. The molecule has 0 aliphatic carbocycles. The normalized spacial score (nSPS) is 17.8. The molecular formula is C25H35N3O6. The maximum absolute atomic E-state index is 12.8. The smallest absolute Gasteiger partial charge is 0.328 e. The molecule has 1 atom stereocenters. The van der Waals surface area contributed by atoms with Gasteiger partial charge in [0.2, 0.25) is 17.7 Å². The van der Waals surface area contributed by atoms with Crippen LogP contribution in [0.4, 0.5) is 0 Å². The average molecular weight is 474 g/mol. The molecule has 2 fully saturated rings. The summed E-state index contributed by atoms with van der Waals surface area (Å²) in [5, 5.41) is 2.49. The topological polar surface area (TPSA) is 105 Å². The van der Waals surface area contributed by atoms with Crippen LogP contribution in [0, 0.1) is 5.41 Å². The number of carbonyl (C=O) groups excluding carboxylic acids is 4. The number of nitrogens with one attached hydrogen (secondary N) is 1. The van der Waals surface area contributed by atoms with Crippen LogP contribution in [-0.2, 0) is 23.9 Å².